The number of nitrogens with two attached hydrogens (primary N) is 2. The Kier molecular flexibility index (Phi) is 8.04. The van der Waals surface area contributed by atoms with Gasteiger partial charge in [-0.3, -0.25) is 9.59 Å². The second kappa shape index (κ2) is 11.0. The highest BCUT2D eigenvalue weighted by atomic mass is 32.2. The number of carboxylic acid groups (broad SMARTS) is 1. The molecular formula is C22H26N6O6S. The van der Waals surface area contributed by atoms with Gasteiger partial charge in [-0.05, 0) is 42.3 Å². The lowest BCUT2D eigenvalue weighted by molar-refractivity contribution is -0.138. The van der Waals surface area contributed by atoms with E-state index in [1.165, 1.54) is 12.1 Å². The number of benzene rings is 2. The van der Waals surface area contributed by atoms with Gasteiger partial charge in [0, 0.05) is 13.0 Å². The Morgan fingerprint density at radius 2 is 1.94 bits per heavy atom. The summed E-state index contributed by atoms with van der Waals surface area (Å²) >= 11 is 0. The zero-order valence-corrected chi connectivity index (χ0v) is 19.7. The van der Waals surface area contributed by atoms with Crippen molar-refractivity contribution < 1.29 is 28.0 Å². The lowest BCUT2D eigenvalue weighted by atomic mass is 10.0. The van der Waals surface area contributed by atoms with E-state index in [0.29, 0.717) is 23.4 Å². The van der Waals surface area contributed by atoms with Crippen LogP contribution in [0.3, 0.4) is 0 Å². The van der Waals surface area contributed by atoms with Crippen LogP contribution in [0.5, 0.6) is 0 Å². The summed E-state index contributed by atoms with van der Waals surface area (Å²) in [5, 5.41) is 15.9. The number of carbonyl (C=O) groups excluding carboxylic acids is 1. The van der Waals surface area contributed by atoms with Crippen molar-refractivity contribution in [2.75, 3.05) is 6.54 Å². The van der Waals surface area contributed by atoms with Gasteiger partial charge in [0.1, 0.15) is 12.1 Å². The van der Waals surface area contributed by atoms with Gasteiger partial charge < -0.3 is 26.7 Å². The van der Waals surface area contributed by atoms with Crippen molar-refractivity contribution in [1.82, 2.24) is 10.0 Å². The molecule has 1 heterocycles. The van der Waals surface area contributed by atoms with Gasteiger partial charge in [-0.25, -0.2) is 13.4 Å². The predicted octanol–water partition coefficient (Wildman–Crippen LogP) is 0.331. The number of guanidine groups is 1. The Balaban J connectivity index is 1.52. The molecule has 2 aromatic rings. The first-order valence-electron chi connectivity index (χ1n) is 10.5. The van der Waals surface area contributed by atoms with Crippen LogP contribution < -0.4 is 21.5 Å². The molecule has 1 aliphatic rings. The van der Waals surface area contributed by atoms with E-state index >= 15 is 0 Å². The fourth-order valence-corrected chi connectivity index (χ4v) is 4.59. The summed E-state index contributed by atoms with van der Waals surface area (Å²) in [7, 11) is -4.09. The highest BCUT2D eigenvalue weighted by molar-refractivity contribution is 7.89. The molecule has 0 saturated heterocycles. The molecule has 0 aliphatic carbocycles. The largest absolute Gasteiger partial charge is 0.480 e. The van der Waals surface area contributed by atoms with Crippen LogP contribution >= 0.6 is 0 Å². The van der Waals surface area contributed by atoms with Crippen LogP contribution in [-0.2, 0) is 24.4 Å². The van der Waals surface area contributed by atoms with Gasteiger partial charge in [0.15, 0.2) is 5.96 Å². The Bertz CT molecular complexity index is 1260. The van der Waals surface area contributed by atoms with Crippen molar-refractivity contribution in [1.29, 1.82) is 0 Å². The van der Waals surface area contributed by atoms with Gasteiger partial charge in [-0.2, -0.15) is 4.72 Å². The molecule has 186 valence electrons. The van der Waals surface area contributed by atoms with Gasteiger partial charge in [0.05, 0.1) is 22.7 Å². The van der Waals surface area contributed by atoms with E-state index in [2.05, 4.69) is 20.2 Å². The van der Waals surface area contributed by atoms with E-state index < -0.39 is 40.6 Å². The molecular weight excluding hydrogens is 476 g/mol. The van der Waals surface area contributed by atoms with Crippen molar-refractivity contribution in [2.45, 2.75) is 36.8 Å². The van der Waals surface area contributed by atoms with Gasteiger partial charge in [-0.15, -0.1) is 0 Å². The monoisotopic (exact) mass is 502 g/mol. The van der Waals surface area contributed by atoms with E-state index in [-0.39, 0.29) is 17.3 Å². The van der Waals surface area contributed by atoms with Crippen molar-refractivity contribution in [3.8, 4) is 0 Å². The maximum absolute atomic E-state index is 12.5. The number of oxime groups is 1. The number of aryl methyl sites for hydroxylation is 1. The Morgan fingerprint density at radius 3 is 2.57 bits per heavy atom. The third-order valence-electron chi connectivity index (χ3n) is 5.00. The molecule has 0 aromatic heterocycles. The molecule has 35 heavy (non-hydrogen) atoms. The van der Waals surface area contributed by atoms with Gasteiger partial charge in [0.2, 0.25) is 15.9 Å². The maximum atomic E-state index is 12.5. The number of carboxylic acids is 1. The Hall–Kier alpha value is -3.97. The molecule has 2 aromatic carbocycles. The quantitative estimate of drug-likeness (QED) is 0.226. The number of aliphatic carboxylic acids is 1. The zero-order valence-electron chi connectivity index (χ0n) is 18.8. The lowest BCUT2D eigenvalue weighted by Crippen LogP contribution is -2.48. The average molecular weight is 503 g/mol. The van der Waals surface area contributed by atoms with E-state index in [1.54, 1.807) is 43.3 Å². The topological polar surface area (TPSA) is 199 Å². The first-order valence-corrected chi connectivity index (χ1v) is 12.0. The minimum Gasteiger partial charge on any atom is -0.480 e. The summed E-state index contributed by atoms with van der Waals surface area (Å²) in [6.45, 7) is 1.28. The molecule has 12 nitrogen and oxygen atoms in total. The number of nitrogens with zero attached hydrogens (tertiary/aromatic N) is 2. The number of amides is 1. The number of rotatable bonds is 10. The third kappa shape index (κ3) is 7.25. The molecule has 0 spiro atoms. The SMILES string of the molecule is Cc1cccc(S(=O)(=O)N[C@@H](CNC(=O)C[C@H]2CC(c3ccc(N=C(N)N)cc3)=NO2)C(=O)O)c1. The van der Waals surface area contributed by atoms with Crippen molar-refractivity contribution in [3.05, 3.63) is 59.7 Å². The van der Waals surface area contributed by atoms with Crippen LogP contribution in [0.1, 0.15) is 24.0 Å². The Labute approximate surface area is 202 Å². The minimum absolute atomic E-state index is 0.0570. The van der Waals surface area contributed by atoms with Crippen molar-refractivity contribution in [2.24, 2.45) is 21.6 Å². The Morgan fingerprint density at radius 1 is 1.23 bits per heavy atom. The molecule has 0 saturated carbocycles. The standard InChI is InChI=1S/C22H26N6O6S/c1-13-3-2-4-17(9-13)35(32,33)28-19(21(30)31)12-25-20(29)11-16-10-18(27-34-16)14-5-7-15(8-6-14)26-22(23)24/h2-9,16,19,28H,10-12H2,1H3,(H,25,29)(H,30,31)(H4,23,24,26)/t16-,19+/m1/s1. The van der Waals surface area contributed by atoms with Gasteiger partial charge in [-0.1, -0.05) is 29.4 Å². The van der Waals surface area contributed by atoms with Gasteiger partial charge in [0.25, 0.3) is 0 Å². The average Bonchev–Trinajstić information content (AvgIpc) is 3.25. The van der Waals surface area contributed by atoms with Crippen LogP contribution in [0.15, 0.2) is 63.6 Å². The first-order chi connectivity index (χ1) is 16.5. The molecule has 0 unspecified atom stereocenters. The van der Waals surface area contributed by atoms with Crippen LogP contribution in [0.4, 0.5) is 5.69 Å². The first kappa shape index (κ1) is 25.6. The normalized spacial score (nSPS) is 16.0. The molecule has 1 aliphatic heterocycles. The summed E-state index contributed by atoms with van der Waals surface area (Å²) in [5.74, 6) is -1.98. The molecule has 7 N–H and O–H groups in total. The van der Waals surface area contributed by atoms with Crippen LogP contribution in [0.25, 0.3) is 0 Å². The summed E-state index contributed by atoms with van der Waals surface area (Å²) in [6, 6.07) is 11.5. The van der Waals surface area contributed by atoms with Crippen LogP contribution in [0, 0.1) is 6.92 Å². The van der Waals surface area contributed by atoms with E-state index in [9.17, 15) is 23.1 Å². The van der Waals surface area contributed by atoms with E-state index in [0.717, 1.165) is 5.56 Å². The number of sulfonamides is 1. The van der Waals surface area contributed by atoms with Crippen LogP contribution in [0.2, 0.25) is 0 Å². The smallest absolute Gasteiger partial charge is 0.323 e. The van der Waals surface area contributed by atoms with E-state index in [1.807, 2.05) is 0 Å². The lowest BCUT2D eigenvalue weighted by Gasteiger charge is -2.16. The summed E-state index contributed by atoms with van der Waals surface area (Å²) < 4.78 is 27.2. The molecule has 1 amide bonds. The number of nitrogens with one attached hydrogen (secondary N) is 2. The molecule has 0 fully saturated rings. The molecule has 0 radical (unpaired) electrons. The van der Waals surface area contributed by atoms with E-state index in [4.69, 9.17) is 16.3 Å². The van der Waals surface area contributed by atoms with Crippen LogP contribution in [-0.4, -0.2) is 55.8 Å². The maximum Gasteiger partial charge on any atom is 0.323 e. The fraction of sp³-hybridized carbons (Fsp3) is 0.273. The number of hydrogen-bond donors (Lipinski definition) is 5. The summed E-state index contributed by atoms with van der Waals surface area (Å²) in [4.78, 5) is 33.1. The highest BCUT2D eigenvalue weighted by Gasteiger charge is 2.28. The van der Waals surface area contributed by atoms with Crippen molar-refractivity contribution >= 4 is 39.3 Å². The highest BCUT2D eigenvalue weighted by Crippen LogP contribution is 2.21. The second-order valence-corrected chi connectivity index (χ2v) is 9.60. The number of carbonyl (C=O) groups is 2. The fourth-order valence-electron chi connectivity index (χ4n) is 3.30. The zero-order chi connectivity index (χ0) is 25.6. The number of hydrogen-bond acceptors (Lipinski definition) is 7. The predicted molar refractivity (Wildman–Crippen MR) is 128 cm³/mol. The molecule has 3 rings (SSSR count). The summed E-state index contributed by atoms with van der Waals surface area (Å²) in [5.41, 5.74) is 13.4. The van der Waals surface area contributed by atoms with Gasteiger partial charge >= 0.3 is 5.97 Å². The van der Waals surface area contributed by atoms with Crippen molar-refractivity contribution in [3.63, 3.8) is 0 Å². The second-order valence-electron chi connectivity index (χ2n) is 7.89. The third-order valence-corrected chi connectivity index (χ3v) is 6.47. The molecule has 0 bridgehead atoms. The number of aliphatic imine (C=N–C) groups is 1. The minimum atomic E-state index is -4.09. The molecule has 2 atom stereocenters. The molecule has 13 heteroatoms. The summed E-state index contributed by atoms with van der Waals surface area (Å²) in [6.07, 6.45) is -0.275.